The van der Waals surface area contributed by atoms with Gasteiger partial charge in [0.05, 0.1) is 4.92 Å². The fourth-order valence-corrected chi connectivity index (χ4v) is 2.01. The van der Waals surface area contributed by atoms with Crippen LogP contribution in [0.3, 0.4) is 0 Å². The van der Waals surface area contributed by atoms with Crippen LogP contribution in [-0.4, -0.2) is 11.5 Å². The highest BCUT2D eigenvalue weighted by Crippen LogP contribution is 2.21. The average Bonchev–Trinajstić information content (AvgIpc) is 2.40. The van der Waals surface area contributed by atoms with Crippen molar-refractivity contribution in [3.63, 3.8) is 0 Å². The fraction of sp³-hybridized carbons (Fsp3) is 0.200. The lowest BCUT2D eigenvalue weighted by Crippen LogP contribution is -2.06. The molecular formula is C15H15FN2O2. The van der Waals surface area contributed by atoms with Crippen LogP contribution in [0.1, 0.15) is 11.1 Å². The summed E-state index contributed by atoms with van der Waals surface area (Å²) in [5.74, 6) is -0.214. The van der Waals surface area contributed by atoms with Crippen molar-refractivity contribution in [2.24, 2.45) is 0 Å². The van der Waals surface area contributed by atoms with Crippen LogP contribution >= 0.6 is 0 Å². The highest BCUT2D eigenvalue weighted by Gasteiger charge is 2.09. The molecule has 20 heavy (non-hydrogen) atoms. The molecule has 4 nitrogen and oxygen atoms in total. The first-order chi connectivity index (χ1) is 9.58. The van der Waals surface area contributed by atoms with Gasteiger partial charge >= 0.3 is 0 Å². The molecule has 0 radical (unpaired) electrons. The number of benzene rings is 2. The second-order valence-electron chi connectivity index (χ2n) is 4.53. The Hall–Kier alpha value is -2.43. The van der Waals surface area contributed by atoms with Crippen molar-refractivity contribution in [1.29, 1.82) is 0 Å². The predicted octanol–water partition coefficient (Wildman–Crippen LogP) is 3.70. The maximum absolute atomic E-state index is 13.4. The van der Waals surface area contributed by atoms with Gasteiger partial charge in [-0.05, 0) is 37.1 Å². The zero-order valence-electron chi connectivity index (χ0n) is 11.1. The number of anilines is 1. The van der Waals surface area contributed by atoms with E-state index in [0.29, 0.717) is 24.1 Å². The molecule has 0 saturated heterocycles. The molecule has 0 aromatic heterocycles. The zero-order chi connectivity index (χ0) is 14.5. The van der Waals surface area contributed by atoms with E-state index in [1.165, 1.54) is 12.1 Å². The third-order valence-electron chi connectivity index (χ3n) is 3.07. The van der Waals surface area contributed by atoms with E-state index in [1.807, 2.05) is 0 Å². The minimum absolute atomic E-state index is 0.102. The van der Waals surface area contributed by atoms with Crippen LogP contribution < -0.4 is 5.32 Å². The van der Waals surface area contributed by atoms with Crippen molar-refractivity contribution in [2.75, 3.05) is 11.9 Å². The lowest BCUT2D eigenvalue weighted by atomic mass is 10.1. The van der Waals surface area contributed by atoms with E-state index in [9.17, 15) is 14.5 Å². The summed E-state index contributed by atoms with van der Waals surface area (Å²) in [7, 11) is 0. The number of nitro benzene ring substituents is 1. The summed E-state index contributed by atoms with van der Waals surface area (Å²) in [5, 5.41) is 13.9. The van der Waals surface area contributed by atoms with Crippen LogP contribution in [0, 0.1) is 22.9 Å². The summed E-state index contributed by atoms with van der Waals surface area (Å²) in [6, 6.07) is 11.5. The molecule has 0 aliphatic carbocycles. The summed E-state index contributed by atoms with van der Waals surface area (Å²) in [5.41, 5.74) is 2.15. The van der Waals surface area contributed by atoms with Crippen LogP contribution in [-0.2, 0) is 6.42 Å². The van der Waals surface area contributed by atoms with Crippen molar-refractivity contribution in [3.8, 4) is 0 Å². The molecular weight excluding hydrogens is 259 g/mol. The highest BCUT2D eigenvalue weighted by molar-refractivity contribution is 5.53. The first-order valence-electron chi connectivity index (χ1n) is 6.30. The number of nitrogens with one attached hydrogen (secondary N) is 1. The van der Waals surface area contributed by atoms with E-state index in [-0.39, 0.29) is 11.5 Å². The minimum atomic E-state index is -0.404. The normalized spacial score (nSPS) is 10.3. The molecule has 5 heteroatoms. The van der Waals surface area contributed by atoms with Gasteiger partial charge in [0.15, 0.2) is 0 Å². The summed E-state index contributed by atoms with van der Waals surface area (Å²) >= 11 is 0. The molecule has 0 aliphatic heterocycles. The Morgan fingerprint density at radius 2 is 2.00 bits per heavy atom. The molecule has 2 aromatic rings. The second kappa shape index (κ2) is 6.14. The molecule has 0 spiro atoms. The van der Waals surface area contributed by atoms with Crippen molar-refractivity contribution >= 4 is 11.4 Å². The Morgan fingerprint density at radius 1 is 1.25 bits per heavy atom. The summed E-state index contributed by atoms with van der Waals surface area (Å²) in [6.45, 7) is 2.26. The van der Waals surface area contributed by atoms with E-state index < -0.39 is 4.92 Å². The minimum Gasteiger partial charge on any atom is -0.385 e. The van der Waals surface area contributed by atoms with Crippen molar-refractivity contribution in [2.45, 2.75) is 13.3 Å². The van der Waals surface area contributed by atoms with Gasteiger partial charge in [0.25, 0.3) is 5.69 Å². The Bertz CT molecular complexity index is 629. The molecule has 104 valence electrons. The first-order valence-corrected chi connectivity index (χ1v) is 6.30. The van der Waals surface area contributed by atoms with Crippen molar-refractivity contribution in [3.05, 3.63) is 69.5 Å². The summed E-state index contributed by atoms with van der Waals surface area (Å²) < 4.78 is 13.4. The quantitative estimate of drug-likeness (QED) is 0.668. The van der Waals surface area contributed by atoms with Crippen molar-refractivity contribution < 1.29 is 9.31 Å². The second-order valence-corrected chi connectivity index (χ2v) is 4.53. The molecule has 0 saturated carbocycles. The van der Waals surface area contributed by atoms with Gasteiger partial charge in [0.2, 0.25) is 0 Å². The Kier molecular flexibility index (Phi) is 4.30. The third kappa shape index (κ3) is 3.32. The molecule has 0 atom stereocenters. The van der Waals surface area contributed by atoms with Gasteiger partial charge < -0.3 is 5.32 Å². The fourth-order valence-electron chi connectivity index (χ4n) is 2.01. The lowest BCUT2D eigenvalue weighted by Gasteiger charge is -2.08. The van der Waals surface area contributed by atoms with Crippen LogP contribution in [0.4, 0.5) is 15.8 Å². The monoisotopic (exact) mass is 274 g/mol. The third-order valence-corrected chi connectivity index (χ3v) is 3.07. The molecule has 1 N–H and O–H groups in total. The maximum atomic E-state index is 13.4. The van der Waals surface area contributed by atoms with Gasteiger partial charge in [-0.2, -0.15) is 0 Å². The predicted molar refractivity (Wildman–Crippen MR) is 76.4 cm³/mol. The van der Waals surface area contributed by atoms with Gasteiger partial charge in [0.1, 0.15) is 5.82 Å². The molecule has 0 fully saturated rings. The molecule has 2 rings (SSSR count). The number of hydrogen-bond donors (Lipinski definition) is 1. The number of nitrogens with zero attached hydrogens (tertiary/aromatic N) is 1. The molecule has 0 amide bonds. The topological polar surface area (TPSA) is 55.2 Å². The Labute approximate surface area is 116 Å². The van der Waals surface area contributed by atoms with E-state index in [4.69, 9.17) is 0 Å². The SMILES string of the molecule is Cc1cc(NCCc2ccccc2F)ccc1[N+](=O)[O-]. The molecule has 0 unspecified atom stereocenters. The number of aryl methyl sites for hydroxylation is 1. The summed E-state index contributed by atoms with van der Waals surface area (Å²) in [4.78, 5) is 10.3. The number of hydrogen-bond acceptors (Lipinski definition) is 3. The largest absolute Gasteiger partial charge is 0.385 e. The van der Waals surface area contributed by atoms with Crippen molar-refractivity contribution in [1.82, 2.24) is 0 Å². The highest BCUT2D eigenvalue weighted by atomic mass is 19.1. The first kappa shape index (κ1) is 14.0. The smallest absolute Gasteiger partial charge is 0.272 e. The molecule has 0 bridgehead atoms. The van der Waals surface area contributed by atoms with Gasteiger partial charge in [-0.1, -0.05) is 18.2 Å². The standard InChI is InChI=1S/C15H15FN2O2/c1-11-10-13(6-7-15(11)18(19)20)17-9-8-12-4-2-3-5-14(12)16/h2-7,10,17H,8-9H2,1H3. The number of rotatable bonds is 5. The maximum Gasteiger partial charge on any atom is 0.272 e. The van der Waals surface area contributed by atoms with Crippen LogP contribution in [0.5, 0.6) is 0 Å². The van der Waals surface area contributed by atoms with Gasteiger partial charge in [-0.3, -0.25) is 10.1 Å². The zero-order valence-corrected chi connectivity index (χ0v) is 11.1. The van der Waals surface area contributed by atoms with Crippen LogP contribution in [0.2, 0.25) is 0 Å². The number of nitro groups is 1. The Morgan fingerprint density at radius 3 is 2.65 bits per heavy atom. The molecule has 0 heterocycles. The van der Waals surface area contributed by atoms with Crippen LogP contribution in [0.15, 0.2) is 42.5 Å². The average molecular weight is 274 g/mol. The van der Waals surface area contributed by atoms with Gasteiger partial charge in [-0.15, -0.1) is 0 Å². The molecule has 0 aliphatic rings. The van der Waals surface area contributed by atoms with E-state index in [2.05, 4.69) is 5.32 Å². The van der Waals surface area contributed by atoms with E-state index in [1.54, 1.807) is 37.3 Å². The van der Waals surface area contributed by atoms with E-state index in [0.717, 1.165) is 5.69 Å². The van der Waals surface area contributed by atoms with Gasteiger partial charge in [0, 0.05) is 23.9 Å². The van der Waals surface area contributed by atoms with Gasteiger partial charge in [-0.25, -0.2) is 4.39 Å². The Balaban J connectivity index is 1.97. The lowest BCUT2D eigenvalue weighted by molar-refractivity contribution is -0.385. The van der Waals surface area contributed by atoms with E-state index >= 15 is 0 Å². The molecule has 2 aromatic carbocycles. The van der Waals surface area contributed by atoms with Crippen LogP contribution in [0.25, 0.3) is 0 Å². The summed E-state index contributed by atoms with van der Waals surface area (Å²) in [6.07, 6.45) is 0.558. The number of halogens is 1.